The Morgan fingerprint density at radius 2 is 1.68 bits per heavy atom. The van der Waals surface area contributed by atoms with Crippen LogP contribution >= 0.6 is 0 Å². The van der Waals surface area contributed by atoms with Gasteiger partial charge in [0, 0.05) is 43.4 Å². The van der Waals surface area contributed by atoms with E-state index in [9.17, 15) is 34.8 Å². The molecule has 4 aliphatic rings. The van der Waals surface area contributed by atoms with Gasteiger partial charge < -0.3 is 29.9 Å². The van der Waals surface area contributed by atoms with Crippen LogP contribution in [0.4, 0.5) is 0 Å². The molecule has 0 bridgehead atoms. The van der Waals surface area contributed by atoms with Gasteiger partial charge in [-0.3, -0.25) is 9.59 Å². The number of Topliss-reactive ketones (excluding diaryl/α,β-unsaturated/α-hetero) is 1. The van der Waals surface area contributed by atoms with Gasteiger partial charge in [0.15, 0.2) is 5.60 Å². The smallest absolute Gasteiger partial charge is 0.338 e. The van der Waals surface area contributed by atoms with Gasteiger partial charge in [0.2, 0.25) is 0 Å². The van der Waals surface area contributed by atoms with E-state index in [1.165, 1.54) is 0 Å². The molecule has 1 heterocycles. The normalized spacial score (nSPS) is 49.8. The first kappa shape index (κ1) is 22.4. The number of aliphatic hydroxyl groups excluding tert-OH is 3. The summed E-state index contributed by atoms with van der Waals surface area (Å²) in [7, 11) is 0. The third-order valence-electron chi connectivity index (χ3n) is 7.87. The van der Waals surface area contributed by atoms with E-state index >= 15 is 0 Å². The molecule has 0 aromatic heterocycles. The van der Waals surface area contributed by atoms with Crippen molar-refractivity contribution < 1.29 is 44.3 Å². The largest absolute Gasteiger partial charge is 0.461 e. The molecule has 9 unspecified atom stereocenters. The van der Waals surface area contributed by atoms with E-state index in [0.29, 0.717) is 6.42 Å². The summed E-state index contributed by atoms with van der Waals surface area (Å²) >= 11 is 0. The Bertz CT molecular complexity index is 795. The fourth-order valence-electron chi connectivity index (χ4n) is 6.02. The summed E-state index contributed by atoms with van der Waals surface area (Å²) in [6.45, 7) is 7.63. The van der Waals surface area contributed by atoms with Crippen LogP contribution in [-0.2, 0) is 23.9 Å². The van der Waals surface area contributed by atoms with Crippen LogP contribution in [0.15, 0.2) is 12.2 Å². The van der Waals surface area contributed by atoms with Gasteiger partial charge in [-0.1, -0.05) is 26.0 Å². The quantitative estimate of drug-likeness (QED) is 0.330. The van der Waals surface area contributed by atoms with Gasteiger partial charge in [-0.2, -0.15) is 0 Å². The Labute approximate surface area is 180 Å². The molecule has 31 heavy (non-hydrogen) atoms. The number of ether oxygens (including phenoxy) is 2. The number of rotatable bonds is 2. The average molecular weight is 438 g/mol. The second-order valence-electron chi connectivity index (χ2n) is 9.78. The highest BCUT2D eigenvalue weighted by Gasteiger charge is 2.60. The lowest BCUT2D eigenvalue weighted by Crippen LogP contribution is -2.57. The minimum atomic E-state index is -2.17. The third kappa shape index (κ3) is 3.51. The summed E-state index contributed by atoms with van der Waals surface area (Å²) in [5.74, 6) is -3.15. The van der Waals surface area contributed by atoms with Crippen molar-refractivity contribution in [1.82, 2.24) is 0 Å². The summed E-state index contributed by atoms with van der Waals surface area (Å²) in [4.78, 5) is 37.8. The first-order chi connectivity index (χ1) is 14.4. The Kier molecular flexibility index (Phi) is 5.53. The SMILES string of the molecule is C=C1CC(OC(=O)C2(O)CC(O)C(O)C(O)C2)C2C(C)C(=O)OC2C2C(C)C(=O)CC12. The molecule has 4 fully saturated rings. The molecule has 3 aliphatic carbocycles. The maximum Gasteiger partial charge on any atom is 0.338 e. The maximum atomic E-state index is 13.0. The molecular formula is C22H30O9. The second kappa shape index (κ2) is 7.65. The predicted molar refractivity (Wildman–Crippen MR) is 104 cm³/mol. The van der Waals surface area contributed by atoms with Crippen LogP contribution in [0.1, 0.15) is 39.5 Å². The molecule has 0 aromatic carbocycles. The van der Waals surface area contributed by atoms with Crippen molar-refractivity contribution in [2.24, 2.45) is 29.6 Å². The standard InChI is InChI=1S/C22H30O9/c1-8-4-15(30-21(28)22(29)6-13(24)18(26)14(25)7-22)17-10(3)20(27)31-19(17)16-9(2)12(23)5-11(8)16/h9-11,13-19,24-26,29H,1,4-7H2,2-3H3. The van der Waals surface area contributed by atoms with Crippen molar-refractivity contribution >= 4 is 17.7 Å². The van der Waals surface area contributed by atoms with Gasteiger partial charge in [0.05, 0.1) is 18.1 Å². The average Bonchev–Trinajstić information content (AvgIpc) is 3.11. The number of hydrogen-bond acceptors (Lipinski definition) is 9. The number of fused-ring (bicyclic) bond motifs is 3. The van der Waals surface area contributed by atoms with E-state index < -0.39 is 72.7 Å². The molecule has 9 heteroatoms. The lowest BCUT2D eigenvalue weighted by atomic mass is 9.77. The molecule has 0 amide bonds. The van der Waals surface area contributed by atoms with Crippen LogP contribution in [0.2, 0.25) is 0 Å². The van der Waals surface area contributed by atoms with Gasteiger partial charge in [-0.25, -0.2) is 4.79 Å². The van der Waals surface area contributed by atoms with Crippen molar-refractivity contribution in [2.75, 3.05) is 0 Å². The van der Waals surface area contributed by atoms with Gasteiger partial charge in [0.1, 0.15) is 24.1 Å². The molecule has 0 spiro atoms. The molecule has 0 aromatic rings. The van der Waals surface area contributed by atoms with E-state index in [0.717, 1.165) is 5.57 Å². The van der Waals surface area contributed by atoms with E-state index in [-0.39, 0.29) is 30.0 Å². The fraction of sp³-hybridized carbons (Fsp3) is 0.773. The van der Waals surface area contributed by atoms with Crippen molar-refractivity contribution in [3.63, 3.8) is 0 Å². The molecular weight excluding hydrogens is 408 g/mol. The third-order valence-corrected chi connectivity index (χ3v) is 7.87. The number of carbonyl (C=O) groups is 3. The molecule has 1 aliphatic heterocycles. The van der Waals surface area contributed by atoms with Crippen molar-refractivity contribution in [1.29, 1.82) is 0 Å². The molecule has 9 nitrogen and oxygen atoms in total. The number of carbonyl (C=O) groups excluding carboxylic acids is 3. The Hall–Kier alpha value is -1.81. The van der Waals surface area contributed by atoms with Crippen molar-refractivity contribution in [2.45, 2.75) is 75.7 Å². The molecule has 1 saturated heterocycles. The summed E-state index contributed by atoms with van der Waals surface area (Å²) in [6, 6.07) is 0. The van der Waals surface area contributed by atoms with Crippen LogP contribution < -0.4 is 0 Å². The summed E-state index contributed by atoms with van der Waals surface area (Å²) in [5, 5.41) is 40.4. The summed E-state index contributed by atoms with van der Waals surface area (Å²) < 4.78 is 11.4. The summed E-state index contributed by atoms with van der Waals surface area (Å²) in [6.07, 6.45) is -6.29. The number of aliphatic hydroxyl groups is 4. The number of hydrogen-bond donors (Lipinski definition) is 4. The van der Waals surface area contributed by atoms with Crippen LogP contribution in [0, 0.1) is 29.6 Å². The Morgan fingerprint density at radius 3 is 2.29 bits per heavy atom. The monoisotopic (exact) mass is 438 g/mol. The molecule has 4 rings (SSSR count). The Balaban J connectivity index is 1.61. The lowest BCUT2D eigenvalue weighted by molar-refractivity contribution is -0.199. The van der Waals surface area contributed by atoms with Crippen LogP contribution in [0.3, 0.4) is 0 Å². The van der Waals surface area contributed by atoms with Crippen molar-refractivity contribution in [3.05, 3.63) is 12.2 Å². The second-order valence-corrected chi connectivity index (χ2v) is 9.78. The number of esters is 2. The highest BCUT2D eigenvalue weighted by molar-refractivity contribution is 5.85. The zero-order valence-electron chi connectivity index (χ0n) is 17.6. The van der Waals surface area contributed by atoms with Gasteiger partial charge >= 0.3 is 11.9 Å². The zero-order chi connectivity index (χ0) is 22.8. The minimum absolute atomic E-state index is 0.0963. The van der Waals surface area contributed by atoms with Gasteiger partial charge in [-0.05, 0) is 5.92 Å². The predicted octanol–water partition coefficient (Wildman–Crippen LogP) is -0.515. The van der Waals surface area contributed by atoms with Gasteiger partial charge in [-0.15, -0.1) is 0 Å². The minimum Gasteiger partial charge on any atom is -0.461 e. The molecule has 0 radical (unpaired) electrons. The summed E-state index contributed by atoms with van der Waals surface area (Å²) in [5.41, 5.74) is -1.43. The zero-order valence-corrected chi connectivity index (χ0v) is 17.6. The molecule has 3 saturated carbocycles. The van der Waals surface area contributed by atoms with Crippen LogP contribution in [0.5, 0.6) is 0 Å². The fourth-order valence-corrected chi connectivity index (χ4v) is 6.02. The van der Waals surface area contributed by atoms with Crippen LogP contribution in [0.25, 0.3) is 0 Å². The van der Waals surface area contributed by atoms with E-state index in [2.05, 4.69) is 6.58 Å². The molecule has 4 N–H and O–H groups in total. The van der Waals surface area contributed by atoms with E-state index in [4.69, 9.17) is 9.47 Å². The molecule has 9 atom stereocenters. The lowest BCUT2D eigenvalue weighted by Gasteiger charge is -2.39. The maximum absolute atomic E-state index is 13.0. The number of ketones is 1. The van der Waals surface area contributed by atoms with Crippen molar-refractivity contribution in [3.8, 4) is 0 Å². The highest BCUT2D eigenvalue weighted by atomic mass is 16.6. The van der Waals surface area contributed by atoms with E-state index in [1.807, 2.05) is 6.92 Å². The topological polar surface area (TPSA) is 151 Å². The molecule has 172 valence electrons. The Morgan fingerprint density at radius 1 is 1.06 bits per heavy atom. The van der Waals surface area contributed by atoms with Gasteiger partial charge in [0.25, 0.3) is 0 Å². The van der Waals surface area contributed by atoms with E-state index in [1.54, 1.807) is 6.92 Å². The first-order valence-electron chi connectivity index (χ1n) is 10.8. The van der Waals surface area contributed by atoms with Crippen LogP contribution in [-0.4, -0.2) is 74.3 Å². The first-order valence-corrected chi connectivity index (χ1v) is 10.8. The highest BCUT2D eigenvalue weighted by Crippen LogP contribution is 2.52.